The molecule has 0 aromatic carbocycles. The number of nitrogens with two attached hydrogens (primary N) is 1. The summed E-state index contributed by atoms with van der Waals surface area (Å²) in [6.45, 7) is 8.16. The van der Waals surface area contributed by atoms with Crippen molar-refractivity contribution >= 4 is 0 Å². The topological polar surface area (TPSA) is 47.7 Å². The van der Waals surface area contributed by atoms with Crippen molar-refractivity contribution in [1.82, 2.24) is 4.90 Å². The summed E-state index contributed by atoms with van der Waals surface area (Å²) in [6, 6.07) is 0. The lowest BCUT2D eigenvalue weighted by Gasteiger charge is -2.51. The summed E-state index contributed by atoms with van der Waals surface area (Å²) in [5.74, 6) is 0.651. The van der Waals surface area contributed by atoms with Crippen LogP contribution in [0.25, 0.3) is 0 Å². The van der Waals surface area contributed by atoms with E-state index in [0.29, 0.717) is 18.1 Å². The van der Waals surface area contributed by atoms with Crippen molar-refractivity contribution in [3.8, 4) is 0 Å². The Morgan fingerprint density at radius 1 is 1.44 bits per heavy atom. The molecule has 4 heteroatoms. The Hall–Kier alpha value is -0.160. The van der Waals surface area contributed by atoms with Crippen LogP contribution in [-0.2, 0) is 9.47 Å². The van der Waals surface area contributed by atoms with Gasteiger partial charge in [-0.3, -0.25) is 4.90 Å². The predicted molar refractivity (Wildman–Crippen MR) is 72.6 cm³/mol. The molecule has 0 spiro atoms. The van der Waals surface area contributed by atoms with Crippen molar-refractivity contribution in [2.75, 3.05) is 33.4 Å². The molecule has 2 rings (SSSR count). The third-order valence-electron chi connectivity index (χ3n) is 4.88. The third kappa shape index (κ3) is 2.72. The number of hydrogen-bond acceptors (Lipinski definition) is 4. The molecule has 0 amide bonds. The number of methoxy groups -OCH3 is 1. The molecule has 4 atom stereocenters. The van der Waals surface area contributed by atoms with Gasteiger partial charge >= 0.3 is 0 Å². The fourth-order valence-corrected chi connectivity index (χ4v) is 3.52. The molecule has 2 aliphatic rings. The van der Waals surface area contributed by atoms with Crippen LogP contribution < -0.4 is 5.73 Å². The number of piperidine rings is 1. The molecule has 4 unspecified atom stereocenters. The Morgan fingerprint density at radius 3 is 2.83 bits per heavy atom. The van der Waals surface area contributed by atoms with Gasteiger partial charge < -0.3 is 15.2 Å². The average molecular weight is 256 g/mol. The zero-order valence-electron chi connectivity index (χ0n) is 12.0. The van der Waals surface area contributed by atoms with Gasteiger partial charge in [0.1, 0.15) is 0 Å². The minimum atomic E-state index is 0.134. The molecule has 0 radical (unpaired) electrons. The SMILES string of the molecule is COC1CN(C2(CN)CCOC(C)C2)CCC1C. The average Bonchev–Trinajstić information content (AvgIpc) is 2.39. The summed E-state index contributed by atoms with van der Waals surface area (Å²) in [5.41, 5.74) is 6.25. The molecule has 2 saturated heterocycles. The molecule has 2 fully saturated rings. The van der Waals surface area contributed by atoms with E-state index in [-0.39, 0.29) is 5.54 Å². The van der Waals surface area contributed by atoms with E-state index < -0.39 is 0 Å². The van der Waals surface area contributed by atoms with Gasteiger partial charge in [0.05, 0.1) is 12.2 Å². The van der Waals surface area contributed by atoms with Crippen LogP contribution in [0.4, 0.5) is 0 Å². The van der Waals surface area contributed by atoms with E-state index in [9.17, 15) is 0 Å². The summed E-state index contributed by atoms with van der Waals surface area (Å²) >= 11 is 0. The quantitative estimate of drug-likeness (QED) is 0.825. The van der Waals surface area contributed by atoms with Crippen LogP contribution >= 0.6 is 0 Å². The minimum Gasteiger partial charge on any atom is -0.380 e. The fourth-order valence-electron chi connectivity index (χ4n) is 3.52. The first-order chi connectivity index (χ1) is 8.61. The molecule has 106 valence electrons. The lowest BCUT2D eigenvalue weighted by atomic mass is 9.82. The second-order valence-electron chi connectivity index (χ2n) is 6.05. The maximum atomic E-state index is 6.11. The molecular weight excluding hydrogens is 228 g/mol. The Morgan fingerprint density at radius 2 is 2.22 bits per heavy atom. The van der Waals surface area contributed by atoms with Gasteiger partial charge in [-0.2, -0.15) is 0 Å². The molecule has 2 N–H and O–H groups in total. The van der Waals surface area contributed by atoms with E-state index in [1.54, 1.807) is 0 Å². The molecular formula is C14H28N2O2. The lowest BCUT2D eigenvalue weighted by Crippen LogP contribution is -2.62. The molecule has 4 nitrogen and oxygen atoms in total. The highest BCUT2D eigenvalue weighted by atomic mass is 16.5. The van der Waals surface area contributed by atoms with E-state index >= 15 is 0 Å². The van der Waals surface area contributed by atoms with Gasteiger partial charge in [-0.25, -0.2) is 0 Å². The predicted octanol–water partition coefficient (Wildman–Crippen LogP) is 1.24. The van der Waals surface area contributed by atoms with Gasteiger partial charge in [0.15, 0.2) is 0 Å². The first kappa shape index (κ1) is 14.3. The Bertz CT molecular complexity index is 275. The van der Waals surface area contributed by atoms with Gasteiger partial charge in [0.25, 0.3) is 0 Å². The molecule has 18 heavy (non-hydrogen) atoms. The van der Waals surface area contributed by atoms with Crippen molar-refractivity contribution in [2.24, 2.45) is 11.7 Å². The van der Waals surface area contributed by atoms with Crippen LogP contribution in [0.3, 0.4) is 0 Å². The van der Waals surface area contributed by atoms with E-state index in [1.807, 2.05) is 7.11 Å². The summed E-state index contributed by atoms with van der Waals surface area (Å²) in [4.78, 5) is 2.57. The zero-order chi connectivity index (χ0) is 13.2. The van der Waals surface area contributed by atoms with E-state index in [0.717, 1.165) is 39.1 Å². The monoisotopic (exact) mass is 256 g/mol. The standard InChI is InChI=1S/C14H28N2O2/c1-11-4-6-16(9-13(11)17-3)14(10-15)5-7-18-12(2)8-14/h11-13H,4-10,15H2,1-3H3. The van der Waals surface area contributed by atoms with E-state index in [2.05, 4.69) is 18.7 Å². The third-order valence-corrected chi connectivity index (χ3v) is 4.88. The minimum absolute atomic E-state index is 0.134. The van der Waals surface area contributed by atoms with Crippen molar-refractivity contribution in [3.63, 3.8) is 0 Å². The second-order valence-corrected chi connectivity index (χ2v) is 6.05. The number of ether oxygens (including phenoxy) is 2. The highest BCUT2D eigenvalue weighted by molar-refractivity contribution is 4.98. The summed E-state index contributed by atoms with van der Waals surface area (Å²) in [6.07, 6.45) is 3.98. The van der Waals surface area contributed by atoms with Gasteiger partial charge in [-0.05, 0) is 38.6 Å². The maximum Gasteiger partial charge on any atom is 0.0724 e. The van der Waals surface area contributed by atoms with Crippen molar-refractivity contribution in [2.45, 2.75) is 50.9 Å². The van der Waals surface area contributed by atoms with Gasteiger partial charge in [-0.1, -0.05) is 6.92 Å². The number of nitrogens with zero attached hydrogens (tertiary/aromatic N) is 1. The van der Waals surface area contributed by atoms with E-state index in [1.165, 1.54) is 6.42 Å². The summed E-state index contributed by atoms with van der Waals surface area (Å²) < 4.78 is 11.3. The van der Waals surface area contributed by atoms with Crippen LogP contribution in [0.1, 0.15) is 33.1 Å². The zero-order valence-corrected chi connectivity index (χ0v) is 12.0. The molecule has 0 bridgehead atoms. The van der Waals surface area contributed by atoms with Crippen molar-refractivity contribution in [3.05, 3.63) is 0 Å². The normalized spacial score (nSPS) is 43.0. The molecule has 0 aromatic rings. The van der Waals surface area contributed by atoms with E-state index in [4.69, 9.17) is 15.2 Å². The highest BCUT2D eigenvalue weighted by Crippen LogP contribution is 2.34. The molecule has 2 aliphatic heterocycles. The van der Waals surface area contributed by atoms with Gasteiger partial charge in [0.2, 0.25) is 0 Å². The summed E-state index contributed by atoms with van der Waals surface area (Å²) in [7, 11) is 1.83. The van der Waals surface area contributed by atoms with Gasteiger partial charge in [0, 0.05) is 32.3 Å². The first-order valence-electron chi connectivity index (χ1n) is 7.21. The van der Waals surface area contributed by atoms with Crippen molar-refractivity contribution in [1.29, 1.82) is 0 Å². The van der Waals surface area contributed by atoms with Crippen LogP contribution in [-0.4, -0.2) is 56.0 Å². The number of rotatable bonds is 3. The van der Waals surface area contributed by atoms with Gasteiger partial charge in [-0.15, -0.1) is 0 Å². The van der Waals surface area contributed by atoms with Crippen LogP contribution in [0.15, 0.2) is 0 Å². The Balaban J connectivity index is 2.07. The summed E-state index contributed by atoms with van der Waals surface area (Å²) in [5, 5.41) is 0. The van der Waals surface area contributed by atoms with Crippen LogP contribution in [0.2, 0.25) is 0 Å². The first-order valence-corrected chi connectivity index (χ1v) is 7.21. The molecule has 0 saturated carbocycles. The largest absolute Gasteiger partial charge is 0.380 e. The Labute approximate surface area is 111 Å². The molecule has 2 heterocycles. The number of hydrogen-bond donors (Lipinski definition) is 1. The Kier molecular flexibility index (Phi) is 4.64. The van der Waals surface area contributed by atoms with Crippen LogP contribution in [0.5, 0.6) is 0 Å². The van der Waals surface area contributed by atoms with Crippen LogP contribution in [0, 0.1) is 5.92 Å². The number of likely N-dealkylation sites (tertiary alicyclic amines) is 1. The second kappa shape index (κ2) is 5.87. The fraction of sp³-hybridized carbons (Fsp3) is 1.00. The molecule has 0 aliphatic carbocycles. The maximum absolute atomic E-state index is 6.11. The highest BCUT2D eigenvalue weighted by Gasteiger charge is 2.42. The smallest absolute Gasteiger partial charge is 0.0724 e. The molecule has 0 aromatic heterocycles. The lowest BCUT2D eigenvalue weighted by molar-refractivity contribution is -0.0989. The van der Waals surface area contributed by atoms with Crippen molar-refractivity contribution < 1.29 is 9.47 Å².